The van der Waals surface area contributed by atoms with Gasteiger partial charge in [0.25, 0.3) is 0 Å². The van der Waals surface area contributed by atoms with Crippen molar-refractivity contribution in [3.05, 3.63) is 52.7 Å². The number of aryl methyl sites for hydroxylation is 2. The molecule has 0 aliphatic rings. The fraction of sp³-hybridized carbons (Fsp3) is 0.200. The molecule has 4 rings (SSSR count). The van der Waals surface area contributed by atoms with Crippen LogP contribution >= 0.6 is 11.3 Å². The molecule has 24 heavy (non-hydrogen) atoms. The molecular weight excluding hydrogens is 336 g/mol. The van der Waals surface area contributed by atoms with Gasteiger partial charge in [-0.05, 0) is 26.0 Å². The number of aromatic nitrogens is 5. The average molecular weight is 347 g/mol. The van der Waals surface area contributed by atoms with Gasteiger partial charge in [-0.1, -0.05) is 22.6 Å². The Kier molecular flexibility index (Phi) is 3.38. The highest BCUT2D eigenvalue weighted by molar-refractivity contribution is 7.19. The van der Waals surface area contributed by atoms with Crippen LogP contribution in [0, 0.1) is 25.5 Å². The molecule has 0 aliphatic carbocycles. The molecule has 3 heterocycles. The Balaban J connectivity index is 1.78. The van der Waals surface area contributed by atoms with Gasteiger partial charge in [-0.3, -0.25) is 0 Å². The molecule has 0 spiro atoms. The van der Waals surface area contributed by atoms with Gasteiger partial charge in [0.05, 0.1) is 11.3 Å². The van der Waals surface area contributed by atoms with E-state index in [4.69, 9.17) is 4.52 Å². The first-order valence-electron chi connectivity index (χ1n) is 7.12. The van der Waals surface area contributed by atoms with Crippen molar-refractivity contribution in [3.8, 4) is 10.6 Å². The molecule has 0 bridgehead atoms. The quantitative estimate of drug-likeness (QED) is 0.569. The largest absolute Gasteiger partial charge is 0.361 e. The van der Waals surface area contributed by atoms with Gasteiger partial charge in [-0.25, -0.2) is 8.78 Å². The van der Waals surface area contributed by atoms with Gasteiger partial charge >= 0.3 is 0 Å². The van der Waals surface area contributed by atoms with Crippen LogP contribution in [0.4, 0.5) is 8.78 Å². The number of hydrogen-bond acceptors (Lipinski definition) is 6. The van der Waals surface area contributed by atoms with Gasteiger partial charge in [-0.15, -0.1) is 10.2 Å². The molecular formula is C15H11F2N5OS. The minimum Gasteiger partial charge on any atom is -0.361 e. The Labute approximate surface area is 138 Å². The second kappa shape index (κ2) is 5.45. The van der Waals surface area contributed by atoms with Crippen LogP contribution in [-0.2, 0) is 6.42 Å². The normalized spacial score (nSPS) is 11.5. The topological polar surface area (TPSA) is 69.1 Å². The van der Waals surface area contributed by atoms with E-state index in [0.717, 1.165) is 28.7 Å². The Morgan fingerprint density at radius 2 is 2.04 bits per heavy atom. The first-order chi connectivity index (χ1) is 11.5. The average Bonchev–Trinajstić information content (AvgIpc) is 3.21. The predicted molar refractivity (Wildman–Crippen MR) is 82.8 cm³/mol. The van der Waals surface area contributed by atoms with Gasteiger partial charge in [-0.2, -0.15) is 9.61 Å². The first-order valence-corrected chi connectivity index (χ1v) is 7.93. The highest BCUT2D eigenvalue weighted by atomic mass is 32.1. The maximum absolute atomic E-state index is 14.0. The smallest absolute Gasteiger partial charge is 0.234 e. The summed E-state index contributed by atoms with van der Waals surface area (Å²) in [6.45, 7) is 3.67. The Bertz CT molecular complexity index is 1030. The van der Waals surface area contributed by atoms with Crippen molar-refractivity contribution in [2.75, 3.05) is 0 Å². The lowest BCUT2D eigenvalue weighted by Crippen LogP contribution is -2.00. The molecule has 0 radical (unpaired) electrons. The molecule has 4 aromatic rings. The van der Waals surface area contributed by atoms with Gasteiger partial charge in [0, 0.05) is 12.0 Å². The summed E-state index contributed by atoms with van der Waals surface area (Å²) in [7, 11) is 0. The molecule has 0 amide bonds. The van der Waals surface area contributed by atoms with Crippen LogP contribution in [0.3, 0.4) is 0 Å². The zero-order valence-corrected chi connectivity index (χ0v) is 13.6. The third-order valence-electron chi connectivity index (χ3n) is 3.75. The highest BCUT2D eigenvalue weighted by Gasteiger charge is 2.19. The third-order valence-corrected chi connectivity index (χ3v) is 4.69. The molecule has 3 aromatic heterocycles. The van der Waals surface area contributed by atoms with E-state index in [9.17, 15) is 8.78 Å². The van der Waals surface area contributed by atoms with E-state index in [1.54, 1.807) is 0 Å². The lowest BCUT2D eigenvalue weighted by molar-refractivity contribution is 0.392. The summed E-state index contributed by atoms with van der Waals surface area (Å²) in [5, 5.41) is 16.8. The molecule has 0 aliphatic heterocycles. The summed E-state index contributed by atoms with van der Waals surface area (Å²) < 4.78 is 34.1. The van der Waals surface area contributed by atoms with E-state index in [1.165, 1.54) is 16.6 Å². The highest BCUT2D eigenvalue weighted by Crippen LogP contribution is 2.29. The Morgan fingerprint density at radius 3 is 2.79 bits per heavy atom. The lowest BCUT2D eigenvalue weighted by atomic mass is 10.1. The zero-order valence-electron chi connectivity index (χ0n) is 12.7. The minimum absolute atomic E-state index is 0.105. The Morgan fingerprint density at radius 1 is 1.21 bits per heavy atom. The summed E-state index contributed by atoms with van der Waals surface area (Å²) in [6, 6.07) is 4.00. The first kappa shape index (κ1) is 14.9. The van der Waals surface area contributed by atoms with E-state index >= 15 is 0 Å². The SMILES string of the molecule is Cc1noc(C)c1Cc1nnc2sc(-c3cccc(F)c3F)nn12. The summed E-state index contributed by atoms with van der Waals surface area (Å²) in [6.07, 6.45) is 0.442. The number of hydrogen-bond donors (Lipinski definition) is 0. The van der Waals surface area contributed by atoms with E-state index in [1.807, 2.05) is 13.8 Å². The molecule has 0 unspecified atom stereocenters. The van der Waals surface area contributed by atoms with Crippen LogP contribution in [0.5, 0.6) is 0 Å². The second-order valence-corrected chi connectivity index (χ2v) is 6.25. The molecule has 6 nitrogen and oxygen atoms in total. The second-order valence-electron chi connectivity index (χ2n) is 5.30. The third kappa shape index (κ3) is 2.28. The van der Waals surface area contributed by atoms with Crippen LogP contribution in [0.2, 0.25) is 0 Å². The monoisotopic (exact) mass is 347 g/mol. The maximum atomic E-state index is 14.0. The van der Waals surface area contributed by atoms with Crippen LogP contribution in [0.1, 0.15) is 22.8 Å². The van der Waals surface area contributed by atoms with E-state index in [-0.39, 0.29) is 5.56 Å². The molecule has 0 fully saturated rings. The van der Waals surface area contributed by atoms with Crippen molar-refractivity contribution in [3.63, 3.8) is 0 Å². The van der Waals surface area contributed by atoms with E-state index in [0.29, 0.717) is 28.0 Å². The van der Waals surface area contributed by atoms with Crippen molar-refractivity contribution in [1.29, 1.82) is 0 Å². The summed E-state index contributed by atoms with van der Waals surface area (Å²) in [5.41, 5.74) is 1.79. The van der Waals surface area contributed by atoms with Crippen molar-refractivity contribution < 1.29 is 13.3 Å². The van der Waals surface area contributed by atoms with Crippen molar-refractivity contribution >= 4 is 16.3 Å². The summed E-state index contributed by atoms with van der Waals surface area (Å²) in [5.74, 6) is -0.543. The molecule has 0 atom stereocenters. The fourth-order valence-corrected chi connectivity index (χ4v) is 3.34. The van der Waals surface area contributed by atoms with Crippen molar-refractivity contribution in [2.24, 2.45) is 0 Å². The van der Waals surface area contributed by atoms with Gasteiger partial charge in [0.15, 0.2) is 22.5 Å². The summed E-state index contributed by atoms with van der Waals surface area (Å²) in [4.78, 5) is 0.510. The molecule has 9 heteroatoms. The van der Waals surface area contributed by atoms with Crippen LogP contribution < -0.4 is 0 Å². The maximum Gasteiger partial charge on any atom is 0.234 e. The van der Waals surface area contributed by atoms with Crippen LogP contribution in [-0.4, -0.2) is 25.0 Å². The van der Waals surface area contributed by atoms with Crippen molar-refractivity contribution in [2.45, 2.75) is 20.3 Å². The molecule has 122 valence electrons. The van der Waals surface area contributed by atoms with E-state index < -0.39 is 11.6 Å². The number of nitrogens with zero attached hydrogens (tertiary/aromatic N) is 5. The lowest BCUT2D eigenvalue weighted by Gasteiger charge is -1.99. The predicted octanol–water partition coefficient (Wildman–Crippen LogP) is 3.33. The van der Waals surface area contributed by atoms with Gasteiger partial charge < -0.3 is 4.52 Å². The zero-order chi connectivity index (χ0) is 16.8. The molecule has 0 saturated heterocycles. The number of benzene rings is 1. The van der Waals surface area contributed by atoms with Gasteiger partial charge in [0.2, 0.25) is 4.96 Å². The Hall–Kier alpha value is -2.68. The standard InChI is InChI=1S/C15H11F2N5OS/c1-7-10(8(2)23-21-7)6-12-18-19-15-22(12)20-14(24-15)9-4-3-5-11(16)13(9)17/h3-5H,6H2,1-2H3. The number of fused-ring (bicyclic) bond motifs is 1. The number of halogens is 2. The summed E-state index contributed by atoms with van der Waals surface area (Å²) >= 11 is 1.15. The molecule has 0 N–H and O–H groups in total. The van der Waals surface area contributed by atoms with E-state index in [2.05, 4.69) is 20.5 Å². The van der Waals surface area contributed by atoms with Crippen LogP contribution in [0.25, 0.3) is 15.5 Å². The van der Waals surface area contributed by atoms with Gasteiger partial charge in [0.1, 0.15) is 5.76 Å². The number of rotatable bonds is 3. The van der Waals surface area contributed by atoms with Crippen molar-refractivity contribution in [1.82, 2.24) is 25.0 Å². The fourth-order valence-electron chi connectivity index (χ4n) is 2.46. The minimum atomic E-state index is -0.922. The molecule has 0 saturated carbocycles. The molecule has 1 aromatic carbocycles. The van der Waals surface area contributed by atoms with Crippen LogP contribution in [0.15, 0.2) is 22.7 Å².